The van der Waals surface area contributed by atoms with Gasteiger partial charge in [0.15, 0.2) is 0 Å². The van der Waals surface area contributed by atoms with Crippen LogP contribution in [0.5, 0.6) is 5.75 Å². The van der Waals surface area contributed by atoms with Crippen molar-refractivity contribution in [1.82, 2.24) is 0 Å². The summed E-state index contributed by atoms with van der Waals surface area (Å²) in [5, 5.41) is 11.2. The second-order valence-electron chi connectivity index (χ2n) is 5.51. The van der Waals surface area contributed by atoms with Crippen LogP contribution in [0.1, 0.15) is 44.2 Å². The maximum atomic E-state index is 12.2. The fraction of sp³-hybridized carbons (Fsp3) is 0.588. The standard InChI is InChI=1S/C17H24O4/c1-4-14(16(18)21-5-2)17(19)10-6-7-12-8-9-13(20-3)11-15(12)17/h8-9,11,14,19H,4-7,10H2,1-3H3. The summed E-state index contributed by atoms with van der Waals surface area (Å²) < 4.78 is 10.4. The van der Waals surface area contributed by atoms with E-state index in [4.69, 9.17) is 9.47 Å². The molecule has 0 saturated carbocycles. The third-order valence-electron chi connectivity index (χ3n) is 4.34. The third kappa shape index (κ3) is 2.91. The van der Waals surface area contributed by atoms with Gasteiger partial charge in [0.1, 0.15) is 11.4 Å². The summed E-state index contributed by atoms with van der Waals surface area (Å²) in [6, 6.07) is 5.74. The Balaban J connectivity index is 2.45. The molecule has 1 aromatic rings. The average Bonchev–Trinajstić information content (AvgIpc) is 2.48. The maximum absolute atomic E-state index is 12.2. The number of ether oxygens (including phenoxy) is 2. The minimum atomic E-state index is -1.16. The van der Waals surface area contributed by atoms with E-state index in [2.05, 4.69) is 0 Å². The van der Waals surface area contributed by atoms with E-state index >= 15 is 0 Å². The first kappa shape index (κ1) is 15.8. The average molecular weight is 292 g/mol. The van der Waals surface area contributed by atoms with Crippen molar-refractivity contribution in [1.29, 1.82) is 0 Å². The third-order valence-corrected chi connectivity index (χ3v) is 4.34. The first-order valence-electron chi connectivity index (χ1n) is 7.63. The van der Waals surface area contributed by atoms with E-state index in [1.54, 1.807) is 14.0 Å². The maximum Gasteiger partial charge on any atom is 0.312 e. The lowest BCUT2D eigenvalue weighted by Gasteiger charge is -2.39. The number of aryl methyl sites for hydroxylation is 1. The molecule has 0 heterocycles. The van der Waals surface area contributed by atoms with Crippen LogP contribution in [0.4, 0.5) is 0 Å². The first-order chi connectivity index (χ1) is 10.1. The number of hydrogen-bond donors (Lipinski definition) is 1. The highest BCUT2D eigenvalue weighted by Crippen LogP contribution is 2.43. The smallest absolute Gasteiger partial charge is 0.312 e. The van der Waals surface area contributed by atoms with Gasteiger partial charge in [-0.25, -0.2) is 0 Å². The van der Waals surface area contributed by atoms with Crippen LogP contribution < -0.4 is 4.74 Å². The zero-order valence-electron chi connectivity index (χ0n) is 13.0. The molecule has 116 valence electrons. The Morgan fingerprint density at radius 1 is 1.43 bits per heavy atom. The molecular formula is C17H24O4. The van der Waals surface area contributed by atoms with Crippen molar-refractivity contribution in [2.75, 3.05) is 13.7 Å². The number of rotatable bonds is 5. The zero-order valence-corrected chi connectivity index (χ0v) is 13.0. The lowest BCUT2D eigenvalue weighted by molar-refractivity contribution is -0.161. The highest BCUT2D eigenvalue weighted by atomic mass is 16.5. The number of carbonyl (C=O) groups is 1. The van der Waals surface area contributed by atoms with Crippen molar-refractivity contribution >= 4 is 5.97 Å². The summed E-state index contributed by atoms with van der Waals surface area (Å²) >= 11 is 0. The number of esters is 1. The number of carbonyl (C=O) groups excluding carboxylic acids is 1. The molecule has 1 aliphatic carbocycles. The Morgan fingerprint density at radius 2 is 2.19 bits per heavy atom. The molecule has 1 aromatic carbocycles. The molecule has 0 radical (unpaired) electrons. The molecule has 0 aromatic heterocycles. The van der Waals surface area contributed by atoms with Crippen LogP contribution in [-0.2, 0) is 21.6 Å². The molecule has 0 bridgehead atoms. The van der Waals surface area contributed by atoms with Crippen LogP contribution in [0.3, 0.4) is 0 Å². The normalized spacial score (nSPS) is 22.3. The summed E-state index contributed by atoms with van der Waals surface area (Å²) in [7, 11) is 1.60. The van der Waals surface area contributed by atoms with Crippen LogP contribution >= 0.6 is 0 Å². The molecule has 1 aliphatic rings. The Morgan fingerprint density at radius 3 is 2.81 bits per heavy atom. The molecule has 2 unspecified atom stereocenters. The van der Waals surface area contributed by atoms with E-state index < -0.39 is 11.5 Å². The minimum Gasteiger partial charge on any atom is -0.497 e. The number of hydrogen-bond acceptors (Lipinski definition) is 4. The molecule has 0 fully saturated rings. The van der Waals surface area contributed by atoms with Gasteiger partial charge in [-0.05, 0) is 55.9 Å². The molecule has 4 heteroatoms. The molecule has 0 amide bonds. The van der Waals surface area contributed by atoms with Crippen molar-refractivity contribution in [2.24, 2.45) is 5.92 Å². The van der Waals surface area contributed by atoms with Crippen molar-refractivity contribution < 1.29 is 19.4 Å². The van der Waals surface area contributed by atoms with Gasteiger partial charge in [-0.2, -0.15) is 0 Å². The van der Waals surface area contributed by atoms with Crippen LogP contribution in [-0.4, -0.2) is 24.8 Å². The summed E-state index contributed by atoms with van der Waals surface area (Å²) in [6.45, 7) is 4.02. The lowest BCUT2D eigenvalue weighted by Crippen LogP contribution is -2.43. The highest BCUT2D eigenvalue weighted by Gasteiger charge is 2.45. The summed E-state index contributed by atoms with van der Waals surface area (Å²) in [4.78, 5) is 12.2. The summed E-state index contributed by atoms with van der Waals surface area (Å²) in [5.41, 5.74) is 0.739. The predicted molar refractivity (Wildman–Crippen MR) is 80.2 cm³/mol. The van der Waals surface area contributed by atoms with E-state index in [1.165, 1.54) is 0 Å². The van der Waals surface area contributed by atoms with E-state index in [1.807, 2.05) is 25.1 Å². The Labute approximate surface area is 126 Å². The molecule has 0 spiro atoms. The minimum absolute atomic E-state index is 0.321. The first-order valence-corrected chi connectivity index (χ1v) is 7.63. The van der Waals surface area contributed by atoms with Gasteiger partial charge in [-0.1, -0.05) is 13.0 Å². The van der Waals surface area contributed by atoms with Crippen molar-refractivity contribution in [2.45, 2.75) is 45.1 Å². The second-order valence-corrected chi connectivity index (χ2v) is 5.51. The molecule has 2 atom stereocenters. The van der Waals surface area contributed by atoms with Crippen molar-refractivity contribution in [3.05, 3.63) is 29.3 Å². The van der Waals surface area contributed by atoms with Gasteiger partial charge >= 0.3 is 5.97 Å². The van der Waals surface area contributed by atoms with Gasteiger partial charge in [0, 0.05) is 0 Å². The fourth-order valence-electron chi connectivity index (χ4n) is 3.29. The van der Waals surface area contributed by atoms with E-state index in [9.17, 15) is 9.90 Å². The Bertz CT molecular complexity index is 512. The molecular weight excluding hydrogens is 268 g/mol. The highest BCUT2D eigenvalue weighted by molar-refractivity contribution is 5.74. The molecule has 0 aliphatic heterocycles. The van der Waals surface area contributed by atoms with Crippen molar-refractivity contribution in [3.63, 3.8) is 0 Å². The van der Waals surface area contributed by atoms with Crippen LogP contribution in [0.25, 0.3) is 0 Å². The van der Waals surface area contributed by atoms with E-state index in [0.717, 1.165) is 24.0 Å². The molecule has 1 N–H and O–H groups in total. The van der Waals surface area contributed by atoms with E-state index in [-0.39, 0.29) is 5.97 Å². The van der Waals surface area contributed by atoms with Crippen LogP contribution in [0.15, 0.2) is 18.2 Å². The van der Waals surface area contributed by atoms with Crippen LogP contribution in [0.2, 0.25) is 0 Å². The largest absolute Gasteiger partial charge is 0.497 e. The summed E-state index contributed by atoms with van der Waals surface area (Å²) in [6.07, 6.45) is 2.91. The number of fused-ring (bicyclic) bond motifs is 1. The number of aliphatic hydroxyl groups is 1. The Kier molecular flexibility index (Phi) is 4.88. The molecule has 2 rings (SSSR count). The molecule has 4 nitrogen and oxygen atoms in total. The van der Waals surface area contributed by atoms with Gasteiger partial charge < -0.3 is 14.6 Å². The zero-order chi connectivity index (χ0) is 15.5. The van der Waals surface area contributed by atoms with Gasteiger partial charge in [-0.15, -0.1) is 0 Å². The Hall–Kier alpha value is -1.55. The van der Waals surface area contributed by atoms with Crippen LogP contribution in [0, 0.1) is 5.92 Å². The molecule has 0 saturated heterocycles. The molecule has 21 heavy (non-hydrogen) atoms. The lowest BCUT2D eigenvalue weighted by atomic mass is 9.71. The predicted octanol–water partition coefficient (Wildman–Crippen LogP) is 2.81. The fourth-order valence-corrected chi connectivity index (χ4v) is 3.29. The van der Waals surface area contributed by atoms with Gasteiger partial charge in [0.25, 0.3) is 0 Å². The quantitative estimate of drug-likeness (QED) is 0.848. The van der Waals surface area contributed by atoms with Gasteiger partial charge in [0.2, 0.25) is 0 Å². The van der Waals surface area contributed by atoms with Crippen molar-refractivity contribution in [3.8, 4) is 5.75 Å². The van der Waals surface area contributed by atoms with E-state index in [0.29, 0.717) is 25.2 Å². The summed E-state index contributed by atoms with van der Waals surface area (Å²) in [5.74, 6) is -0.158. The van der Waals surface area contributed by atoms with Gasteiger partial charge in [0.05, 0.1) is 19.6 Å². The monoisotopic (exact) mass is 292 g/mol. The number of benzene rings is 1. The van der Waals surface area contributed by atoms with Gasteiger partial charge in [-0.3, -0.25) is 4.79 Å². The number of methoxy groups -OCH3 is 1. The second kappa shape index (κ2) is 6.48. The SMILES string of the molecule is CCOC(=O)C(CC)C1(O)CCCc2ccc(OC)cc21. The topological polar surface area (TPSA) is 55.8 Å².